The highest BCUT2D eigenvalue weighted by atomic mass is 79.9. The van der Waals surface area contributed by atoms with Crippen LogP contribution in [-0.4, -0.2) is 44.8 Å². The second-order valence-corrected chi connectivity index (χ2v) is 7.84. The topological polar surface area (TPSA) is 72.6 Å². The van der Waals surface area contributed by atoms with Crippen LogP contribution in [-0.2, 0) is 20.9 Å². The van der Waals surface area contributed by atoms with E-state index in [4.69, 9.17) is 10.5 Å². The van der Waals surface area contributed by atoms with Gasteiger partial charge in [-0.05, 0) is 5.56 Å². The molecular formula is C14H15BrN2O3S. The lowest BCUT2D eigenvalue weighted by atomic mass is 10.0. The second kappa shape index (κ2) is 5.62. The molecule has 0 bridgehead atoms. The minimum Gasteiger partial charge on any atom is -0.460 e. The van der Waals surface area contributed by atoms with Crippen LogP contribution in [0.2, 0.25) is 0 Å². The van der Waals surface area contributed by atoms with E-state index in [0.29, 0.717) is 12.3 Å². The minimum atomic E-state index is -0.848. The molecule has 2 N–H and O–H groups in total. The fraction of sp³-hybridized carbons (Fsp3) is 0.429. The van der Waals surface area contributed by atoms with E-state index in [1.165, 1.54) is 11.8 Å². The summed E-state index contributed by atoms with van der Waals surface area (Å²) in [5.74, 6) is 0.0976. The summed E-state index contributed by atoms with van der Waals surface area (Å²) in [6, 6.07) is 9.07. The van der Waals surface area contributed by atoms with Gasteiger partial charge >= 0.3 is 5.97 Å². The first-order chi connectivity index (χ1) is 10.0. The molecule has 112 valence electrons. The molecule has 0 spiro atoms. The van der Waals surface area contributed by atoms with Crippen molar-refractivity contribution in [2.24, 2.45) is 5.73 Å². The lowest BCUT2D eigenvalue weighted by molar-refractivity contribution is -0.152. The summed E-state index contributed by atoms with van der Waals surface area (Å²) in [6.45, 7) is 0.541. The Balaban J connectivity index is 1.60. The van der Waals surface area contributed by atoms with Crippen molar-refractivity contribution < 1.29 is 14.3 Å². The molecule has 2 heterocycles. The number of carbonyl (C=O) groups is 2. The zero-order chi connectivity index (χ0) is 15.0. The molecule has 3 rings (SSSR count). The summed E-state index contributed by atoms with van der Waals surface area (Å²) < 4.78 is 4.52. The number of halogens is 1. The van der Waals surface area contributed by atoms with Gasteiger partial charge in [0, 0.05) is 12.3 Å². The molecule has 2 saturated heterocycles. The molecule has 1 amide bonds. The van der Waals surface area contributed by atoms with Gasteiger partial charge in [-0.3, -0.25) is 9.59 Å². The van der Waals surface area contributed by atoms with Crippen LogP contribution in [0.3, 0.4) is 0 Å². The fourth-order valence-corrected chi connectivity index (χ4v) is 4.53. The molecule has 0 aliphatic carbocycles. The number of hydrogen-bond acceptors (Lipinski definition) is 5. The predicted molar refractivity (Wildman–Crippen MR) is 83.8 cm³/mol. The van der Waals surface area contributed by atoms with E-state index in [1.54, 1.807) is 4.90 Å². The molecule has 5 nitrogen and oxygen atoms in total. The van der Waals surface area contributed by atoms with E-state index in [2.05, 4.69) is 15.9 Å². The third kappa shape index (κ3) is 2.69. The molecular weight excluding hydrogens is 356 g/mol. The smallest absolute Gasteiger partial charge is 0.325 e. The minimum absolute atomic E-state index is 0.00917. The van der Waals surface area contributed by atoms with E-state index in [0.717, 1.165) is 5.56 Å². The van der Waals surface area contributed by atoms with E-state index in [-0.39, 0.29) is 23.9 Å². The molecule has 21 heavy (non-hydrogen) atoms. The van der Waals surface area contributed by atoms with Crippen LogP contribution < -0.4 is 5.73 Å². The maximum absolute atomic E-state index is 12.3. The van der Waals surface area contributed by atoms with E-state index < -0.39 is 10.4 Å². The number of carbonyl (C=O) groups excluding carboxylic acids is 2. The quantitative estimate of drug-likeness (QED) is 0.490. The number of fused-ring (bicyclic) bond motifs is 1. The normalized spacial score (nSPS) is 31.3. The highest BCUT2D eigenvalue weighted by molar-refractivity contribution is 9.10. The SMILES string of the molecule is NC1C(=O)N2CC(Br)(C(=O)OCc3ccccc3)CS[C@H]12. The fourth-order valence-electron chi connectivity index (χ4n) is 2.42. The van der Waals surface area contributed by atoms with E-state index in [1.807, 2.05) is 30.3 Å². The molecule has 2 aliphatic rings. The molecule has 2 fully saturated rings. The third-order valence-corrected chi connectivity index (χ3v) is 6.44. The van der Waals surface area contributed by atoms with Crippen molar-refractivity contribution >= 4 is 39.6 Å². The van der Waals surface area contributed by atoms with Crippen molar-refractivity contribution in [2.75, 3.05) is 12.3 Å². The van der Waals surface area contributed by atoms with Crippen molar-refractivity contribution in [3.63, 3.8) is 0 Å². The van der Waals surface area contributed by atoms with Crippen molar-refractivity contribution in [1.29, 1.82) is 0 Å². The maximum atomic E-state index is 12.3. The molecule has 2 unspecified atom stereocenters. The molecule has 7 heteroatoms. The van der Waals surface area contributed by atoms with Gasteiger partial charge in [-0.1, -0.05) is 46.3 Å². The number of nitrogens with zero attached hydrogens (tertiary/aromatic N) is 1. The Morgan fingerprint density at radius 2 is 2.19 bits per heavy atom. The number of hydrogen-bond donors (Lipinski definition) is 1. The van der Waals surface area contributed by atoms with Crippen LogP contribution in [0.1, 0.15) is 5.56 Å². The number of alkyl halides is 1. The van der Waals surface area contributed by atoms with Gasteiger partial charge < -0.3 is 15.4 Å². The summed E-state index contributed by atoms with van der Waals surface area (Å²) in [4.78, 5) is 25.6. The van der Waals surface area contributed by atoms with Crippen LogP contribution >= 0.6 is 27.7 Å². The molecule has 0 radical (unpaired) electrons. The molecule has 1 aromatic carbocycles. The number of amides is 1. The average molecular weight is 371 g/mol. The van der Waals surface area contributed by atoms with E-state index >= 15 is 0 Å². The first kappa shape index (κ1) is 14.9. The largest absolute Gasteiger partial charge is 0.460 e. The Bertz CT molecular complexity index is 571. The molecule has 2 aliphatic heterocycles. The first-order valence-corrected chi connectivity index (χ1v) is 8.43. The molecule has 1 aromatic rings. The summed E-state index contributed by atoms with van der Waals surface area (Å²) in [6.07, 6.45) is 0. The average Bonchev–Trinajstić information content (AvgIpc) is 2.52. The third-order valence-electron chi connectivity index (χ3n) is 3.67. The first-order valence-electron chi connectivity index (χ1n) is 6.59. The molecule has 0 saturated carbocycles. The summed E-state index contributed by atoms with van der Waals surface area (Å²) >= 11 is 4.97. The van der Waals surface area contributed by atoms with Gasteiger partial charge in [0.05, 0.1) is 0 Å². The van der Waals surface area contributed by atoms with Gasteiger partial charge in [0.25, 0.3) is 0 Å². The van der Waals surface area contributed by atoms with Crippen molar-refractivity contribution in [2.45, 2.75) is 22.3 Å². The predicted octanol–water partition coefficient (Wildman–Crippen LogP) is 1.11. The number of benzene rings is 1. The van der Waals surface area contributed by atoms with Gasteiger partial charge in [0.1, 0.15) is 22.3 Å². The van der Waals surface area contributed by atoms with Crippen LogP contribution in [0, 0.1) is 0 Å². The number of thioether (sulfide) groups is 1. The number of ether oxygens (including phenoxy) is 1. The van der Waals surface area contributed by atoms with Crippen LogP contribution in [0.15, 0.2) is 30.3 Å². The monoisotopic (exact) mass is 370 g/mol. The molecule has 3 atom stereocenters. The number of rotatable bonds is 3. The zero-order valence-corrected chi connectivity index (χ0v) is 13.6. The Kier molecular flexibility index (Phi) is 3.98. The van der Waals surface area contributed by atoms with Crippen LogP contribution in [0.4, 0.5) is 0 Å². The lowest BCUT2D eigenvalue weighted by Crippen LogP contribution is -2.72. The lowest BCUT2D eigenvalue weighted by Gasteiger charge is -2.51. The summed E-state index contributed by atoms with van der Waals surface area (Å²) in [5, 5.41) is -0.00917. The zero-order valence-electron chi connectivity index (χ0n) is 11.2. The van der Waals surface area contributed by atoms with Crippen LogP contribution in [0.25, 0.3) is 0 Å². The van der Waals surface area contributed by atoms with Crippen LogP contribution in [0.5, 0.6) is 0 Å². The Labute approximate surface area is 135 Å². The van der Waals surface area contributed by atoms with E-state index in [9.17, 15) is 9.59 Å². The van der Waals surface area contributed by atoms with Gasteiger partial charge in [-0.2, -0.15) is 0 Å². The highest BCUT2D eigenvalue weighted by Gasteiger charge is 2.55. The Hall–Kier alpha value is -1.05. The maximum Gasteiger partial charge on any atom is 0.325 e. The van der Waals surface area contributed by atoms with Gasteiger partial charge in [-0.25, -0.2) is 0 Å². The number of esters is 1. The summed E-state index contributed by atoms with van der Waals surface area (Å²) in [5.41, 5.74) is 6.67. The number of β-lactam (4-membered cyclic amide) rings is 1. The summed E-state index contributed by atoms with van der Waals surface area (Å²) in [7, 11) is 0. The standard InChI is InChI=1S/C14H15BrN2O3S/c15-14(7-17-11(18)10(16)12(17)21-8-14)13(19)20-6-9-4-2-1-3-5-9/h1-5,10,12H,6-8,16H2/t10?,12-,14?/m1/s1. The van der Waals surface area contributed by atoms with Crippen molar-refractivity contribution in [3.8, 4) is 0 Å². The van der Waals surface area contributed by atoms with Gasteiger partial charge in [-0.15, -0.1) is 11.8 Å². The Morgan fingerprint density at radius 1 is 1.48 bits per heavy atom. The van der Waals surface area contributed by atoms with Crippen molar-refractivity contribution in [3.05, 3.63) is 35.9 Å². The number of nitrogens with two attached hydrogens (primary N) is 1. The van der Waals surface area contributed by atoms with Gasteiger partial charge in [0.15, 0.2) is 0 Å². The van der Waals surface area contributed by atoms with Crippen molar-refractivity contribution in [1.82, 2.24) is 4.90 Å². The second-order valence-electron chi connectivity index (χ2n) is 5.22. The highest BCUT2D eigenvalue weighted by Crippen LogP contribution is 2.41. The Morgan fingerprint density at radius 3 is 2.90 bits per heavy atom. The van der Waals surface area contributed by atoms with Gasteiger partial charge in [0.2, 0.25) is 5.91 Å². The molecule has 0 aromatic heterocycles.